The zero-order chi connectivity index (χ0) is 44.8. The van der Waals surface area contributed by atoms with Crippen molar-refractivity contribution >= 4 is 47.3 Å². The summed E-state index contributed by atoms with van der Waals surface area (Å²) in [5, 5.41) is 24.7. The van der Waals surface area contributed by atoms with E-state index in [-0.39, 0.29) is 97.3 Å². The van der Waals surface area contributed by atoms with Crippen LogP contribution in [0, 0.1) is 0 Å². The number of aromatic nitrogens is 1. The molecule has 328 valence electrons. The van der Waals surface area contributed by atoms with Crippen LogP contribution >= 0.6 is 0 Å². The zero-order valence-corrected chi connectivity index (χ0v) is 34.2. The quantitative estimate of drug-likeness (QED) is 0.0740. The zero-order valence-electron chi connectivity index (χ0n) is 34.2. The van der Waals surface area contributed by atoms with Crippen LogP contribution in [0.5, 0.6) is 17.2 Å². The summed E-state index contributed by atoms with van der Waals surface area (Å²) in [7, 11) is 3.15. The van der Waals surface area contributed by atoms with Crippen LogP contribution in [-0.4, -0.2) is 127 Å². The maximum absolute atomic E-state index is 13.2. The number of nitrogens with one attached hydrogen (secondary N) is 4. The van der Waals surface area contributed by atoms with Gasteiger partial charge in [-0.25, -0.2) is 0 Å². The summed E-state index contributed by atoms with van der Waals surface area (Å²) in [6, 6.07) is 14.2. The third-order valence-corrected chi connectivity index (χ3v) is 10.5. The number of piperidine rings is 1. The monoisotopic (exact) mass is 865 g/mol. The van der Waals surface area contributed by atoms with Gasteiger partial charge in [0.25, 0.3) is 35.4 Å². The van der Waals surface area contributed by atoms with E-state index < -0.39 is 54.0 Å². The first kappa shape index (κ1) is 43.5. The Morgan fingerprint density at radius 3 is 2.35 bits per heavy atom. The van der Waals surface area contributed by atoms with Crippen LogP contribution in [0.1, 0.15) is 78.0 Å². The molecule has 7 rings (SSSR count). The average molecular weight is 866 g/mol. The van der Waals surface area contributed by atoms with Gasteiger partial charge in [-0.3, -0.25) is 48.6 Å². The molecule has 20 nitrogen and oxygen atoms in total. The molecule has 8 amide bonds. The van der Waals surface area contributed by atoms with Crippen molar-refractivity contribution in [1.29, 1.82) is 0 Å². The number of aryl methyl sites for hydroxylation is 1. The Morgan fingerprint density at radius 1 is 0.889 bits per heavy atom. The van der Waals surface area contributed by atoms with Gasteiger partial charge >= 0.3 is 0 Å². The molecule has 1 saturated heterocycles. The minimum Gasteiger partial charge on any atom is -0.507 e. The van der Waals surface area contributed by atoms with Crippen molar-refractivity contribution in [2.24, 2.45) is 0 Å². The molecule has 0 spiro atoms. The van der Waals surface area contributed by atoms with E-state index in [4.69, 9.17) is 18.7 Å². The molecule has 3 aliphatic rings. The molecule has 3 aromatic carbocycles. The largest absolute Gasteiger partial charge is 0.507 e. The fourth-order valence-electron chi connectivity index (χ4n) is 7.30. The number of hydrogen-bond donors (Lipinski definition) is 5. The lowest BCUT2D eigenvalue weighted by Gasteiger charge is -2.27. The molecule has 1 aromatic heterocycles. The molecule has 4 aromatic rings. The number of fused-ring (bicyclic) bond motifs is 2. The molecular formula is C43H43N7O13. The van der Waals surface area contributed by atoms with E-state index in [0.717, 1.165) is 22.4 Å². The molecule has 0 saturated carbocycles. The SMILES string of the molecule is CN(C)C(=O)c1ccc(-c2cc(C(=O)N[C@@H]3CCc4ccc(OCC(=O)NCCOCCNC(=O)COc5cccc6c5C(=O)N(C5CCC(=O)NC5=O)C6=O)cc43)no2)cc1O. The van der Waals surface area contributed by atoms with Gasteiger partial charge in [0.1, 0.15) is 23.3 Å². The molecule has 3 heterocycles. The number of ether oxygens (including phenoxy) is 3. The number of carbonyl (C=O) groups excluding carboxylic acids is 8. The summed E-state index contributed by atoms with van der Waals surface area (Å²) in [6.45, 7) is -0.182. The fourth-order valence-corrected chi connectivity index (χ4v) is 7.30. The minimum absolute atomic E-state index is 0.000651. The number of aromatic hydroxyl groups is 1. The highest BCUT2D eigenvalue weighted by Crippen LogP contribution is 2.36. The van der Waals surface area contributed by atoms with Gasteiger partial charge in [0.2, 0.25) is 11.8 Å². The highest BCUT2D eigenvalue weighted by molar-refractivity contribution is 6.24. The molecule has 0 bridgehead atoms. The first-order valence-corrected chi connectivity index (χ1v) is 20.0. The number of benzene rings is 3. The lowest BCUT2D eigenvalue weighted by molar-refractivity contribution is -0.136. The Kier molecular flexibility index (Phi) is 13.1. The van der Waals surface area contributed by atoms with Gasteiger partial charge in [0.15, 0.2) is 24.7 Å². The van der Waals surface area contributed by atoms with Gasteiger partial charge in [0.05, 0.1) is 35.9 Å². The second kappa shape index (κ2) is 19.0. The summed E-state index contributed by atoms with van der Waals surface area (Å²) < 4.78 is 22.1. The van der Waals surface area contributed by atoms with E-state index in [2.05, 4.69) is 26.4 Å². The molecule has 0 radical (unpaired) electrons. The molecule has 1 unspecified atom stereocenters. The van der Waals surface area contributed by atoms with E-state index in [9.17, 15) is 43.5 Å². The Labute approximate surface area is 359 Å². The summed E-state index contributed by atoms with van der Waals surface area (Å²) >= 11 is 0. The van der Waals surface area contributed by atoms with Gasteiger partial charge < -0.3 is 44.7 Å². The summed E-state index contributed by atoms with van der Waals surface area (Å²) in [5.41, 5.74) is 2.42. The number of hydrogen-bond acceptors (Lipinski definition) is 14. The first-order valence-electron chi connectivity index (χ1n) is 20.0. The first-order chi connectivity index (χ1) is 30.3. The van der Waals surface area contributed by atoms with E-state index in [1.165, 1.54) is 41.3 Å². The standard InChI is InChI=1S/C43H43N7O13/c1-49(2)41(57)26-10-7-24(18-32(26)51)34-20-30(48-63-34)39(55)46-29-11-8-23-6-9-25(19-28(23)29)61-21-36(53)44-14-16-60-17-15-45-37(54)22-62-33-5-3-4-27-38(33)43(59)50(42(27)58)31-12-13-35(52)47-40(31)56/h3-7,9-10,18-20,29,31,51H,8,11-17,21-22H2,1-2H3,(H,44,53)(H,45,54)(H,46,55)(H,47,52,56)/t29-,31?/m1/s1. The Balaban J connectivity index is 0.787. The van der Waals surface area contributed by atoms with E-state index in [1.807, 2.05) is 6.07 Å². The van der Waals surface area contributed by atoms with Crippen LogP contribution in [0.2, 0.25) is 0 Å². The van der Waals surface area contributed by atoms with Crippen LogP contribution < -0.4 is 30.7 Å². The van der Waals surface area contributed by atoms with Crippen molar-refractivity contribution in [2.75, 3.05) is 53.6 Å². The number of phenols is 1. The molecule has 20 heteroatoms. The van der Waals surface area contributed by atoms with Crippen LogP contribution in [-0.2, 0) is 30.3 Å². The van der Waals surface area contributed by atoms with Gasteiger partial charge in [-0.05, 0) is 66.8 Å². The van der Waals surface area contributed by atoms with E-state index >= 15 is 0 Å². The van der Waals surface area contributed by atoms with Crippen LogP contribution in [0.15, 0.2) is 65.2 Å². The minimum atomic E-state index is -1.13. The van der Waals surface area contributed by atoms with Gasteiger partial charge in [-0.1, -0.05) is 23.4 Å². The third kappa shape index (κ3) is 9.81. The molecule has 63 heavy (non-hydrogen) atoms. The van der Waals surface area contributed by atoms with Gasteiger partial charge in [-0.15, -0.1) is 0 Å². The Bertz CT molecular complexity index is 2500. The second-order valence-electron chi connectivity index (χ2n) is 14.9. The van der Waals surface area contributed by atoms with Crippen LogP contribution in [0.3, 0.4) is 0 Å². The number of nitrogens with zero attached hydrogens (tertiary/aromatic N) is 3. The predicted molar refractivity (Wildman–Crippen MR) is 218 cm³/mol. The van der Waals surface area contributed by atoms with Gasteiger partial charge in [-0.2, -0.15) is 0 Å². The number of phenolic OH excluding ortho intramolecular Hbond substituents is 1. The van der Waals surface area contributed by atoms with Crippen molar-refractivity contribution < 1.29 is 62.2 Å². The summed E-state index contributed by atoms with van der Waals surface area (Å²) in [4.78, 5) is 103. The second-order valence-corrected chi connectivity index (χ2v) is 14.9. The predicted octanol–water partition coefficient (Wildman–Crippen LogP) is 1.27. The van der Waals surface area contributed by atoms with Crippen molar-refractivity contribution in [2.45, 2.75) is 37.8 Å². The lowest BCUT2D eigenvalue weighted by Crippen LogP contribution is -2.54. The highest BCUT2D eigenvalue weighted by atomic mass is 16.5. The van der Waals surface area contributed by atoms with Crippen molar-refractivity contribution in [3.05, 3.63) is 94.2 Å². The van der Waals surface area contributed by atoms with E-state index in [1.54, 1.807) is 32.3 Å². The highest BCUT2D eigenvalue weighted by Gasteiger charge is 2.46. The molecule has 2 aliphatic heterocycles. The van der Waals surface area contributed by atoms with Crippen molar-refractivity contribution in [3.63, 3.8) is 0 Å². The van der Waals surface area contributed by atoms with E-state index in [0.29, 0.717) is 17.7 Å². The number of imide groups is 2. The summed E-state index contributed by atoms with van der Waals surface area (Å²) in [6.07, 6.45) is 1.34. The van der Waals surface area contributed by atoms with Crippen LogP contribution in [0.25, 0.3) is 11.3 Å². The molecular weight excluding hydrogens is 823 g/mol. The number of rotatable bonds is 17. The Hall–Kier alpha value is -7.61. The summed E-state index contributed by atoms with van der Waals surface area (Å²) in [5.74, 6) is -3.97. The Morgan fingerprint density at radius 2 is 1.63 bits per heavy atom. The smallest absolute Gasteiger partial charge is 0.273 e. The maximum Gasteiger partial charge on any atom is 0.273 e. The molecule has 1 fully saturated rings. The van der Waals surface area contributed by atoms with Crippen molar-refractivity contribution in [3.8, 4) is 28.6 Å². The molecule has 2 atom stereocenters. The number of carbonyl (C=O) groups is 8. The van der Waals surface area contributed by atoms with Crippen LogP contribution in [0.4, 0.5) is 0 Å². The third-order valence-electron chi connectivity index (χ3n) is 10.5. The topological polar surface area (TPSA) is 265 Å². The average Bonchev–Trinajstić information content (AvgIpc) is 3.98. The molecule has 5 N–H and O–H groups in total. The number of amides is 8. The maximum atomic E-state index is 13.2. The normalized spacial score (nSPS) is 16.5. The fraction of sp³-hybridized carbons (Fsp3) is 0.326. The molecule has 1 aliphatic carbocycles. The van der Waals surface area contributed by atoms with Crippen molar-refractivity contribution in [1.82, 2.24) is 36.2 Å². The van der Waals surface area contributed by atoms with Gasteiger partial charge in [0, 0.05) is 45.2 Å². The lowest BCUT2D eigenvalue weighted by atomic mass is 10.0.